The minimum atomic E-state index is -0.594. The quantitative estimate of drug-likeness (QED) is 0.684. The van der Waals surface area contributed by atoms with Crippen molar-refractivity contribution in [2.45, 2.75) is 6.10 Å². The second kappa shape index (κ2) is 3.55. The lowest BCUT2D eigenvalue weighted by atomic mass is 9.97. The van der Waals surface area contributed by atoms with E-state index in [1.165, 1.54) is 0 Å². The van der Waals surface area contributed by atoms with Crippen LogP contribution in [0.1, 0.15) is 0 Å². The molecule has 2 rings (SSSR count). The third-order valence-corrected chi connectivity index (χ3v) is 3.18. The molecule has 1 unspecified atom stereocenters. The number of aliphatic hydroxyl groups excluding tert-OH is 1. The van der Waals surface area contributed by atoms with Gasteiger partial charge in [-0.15, -0.1) is 0 Å². The molecule has 0 fully saturated rings. The van der Waals surface area contributed by atoms with Crippen molar-refractivity contribution in [1.82, 2.24) is 0 Å². The molecule has 0 radical (unpaired) electrons. The Balaban J connectivity index is 2.53. The Kier molecular flexibility index (Phi) is 2.58. The largest absolute Gasteiger partial charge is 0.382 e. The van der Waals surface area contributed by atoms with Crippen molar-refractivity contribution in [2.75, 3.05) is 6.54 Å². The topological polar surface area (TPSA) is 32.6 Å². The van der Waals surface area contributed by atoms with Crippen molar-refractivity contribution in [3.8, 4) is 0 Å². The lowest BCUT2D eigenvalue weighted by molar-refractivity contribution is 0.286. The molecule has 1 aliphatic heterocycles. The van der Waals surface area contributed by atoms with E-state index in [4.69, 9.17) is 11.6 Å². The molecule has 1 heterocycles. The molecular formula is C9H7ClINO. The summed E-state index contributed by atoms with van der Waals surface area (Å²) >= 11 is 8.08. The normalized spacial score (nSPS) is 26.8. The smallest absolute Gasteiger partial charge is 0.127 e. The number of fused-ring (bicyclic) bond motifs is 1. The van der Waals surface area contributed by atoms with Crippen molar-refractivity contribution in [3.63, 3.8) is 0 Å². The van der Waals surface area contributed by atoms with Crippen LogP contribution in [0.4, 0.5) is 0 Å². The molecule has 0 amide bonds. The molecule has 1 atom stereocenters. The minimum absolute atomic E-state index is 0.594. The van der Waals surface area contributed by atoms with Crippen molar-refractivity contribution in [3.05, 3.63) is 32.4 Å². The zero-order valence-electron chi connectivity index (χ0n) is 6.67. The van der Waals surface area contributed by atoms with Gasteiger partial charge >= 0.3 is 0 Å². The van der Waals surface area contributed by atoms with Crippen LogP contribution in [-0.4, -0.2) is 23.5 Å². The van der Waals surface area contributed by atoms with Gasteiger partial charge in [-0.05, 0) is 28.7 Å². The monoisotopic (exact) mass is 307 g/mol. The van der Waals surface area contributed by atoms with Gasteiger partial charge in [0.1, 0.15) is 6.10 Å². The summed E-state index contributed by atoms with van der Waals surface area (Å²) in [6.45, 7) is 0.629. The van der Waals surface area contributed by atoms with Crippen LogP contribution in [0, 0.1) is 0 Å². The van der Waals surface area contributed by atoms with E-state index in [2.05, 4.69) is 27.6 Å². The summed E-state index contributed by atoms with van der Waals surface area (Å²) in [5, 5.41) is 10.4. The van der Waals surface area contributed by atoms with Gasteiger partial charge in [-0.25, -0.2) is 0 Å². The molecule has 0 aromatic heterocycles. The Bertz CT molecular complexity index is 368. The summed E-state index contributed by atoms with van der Waals surface area (Å²) in [4.78, 5) is 4.23. The van der Waals surface area contributed by atoms with Crippen molar-refractivity contribution in [1.29, 1.82) is 0 Å². The van der Waals surface area contributed by atoms with Gasteiger partial charge in [0, 0.05) is 9.15 Å². The second-order valence-corrected chi connectivity index (χ2v) is 4.47. The molecule has 2 aliphatic rings. The maximum atomic E-state index is 9.76. The molecule has 1 N–H and O–H groups in total. The molecule has 4 heteroatoms. The zero-order valence-corrected chi connectivity index (χ0v) is 9.58. The fraction of sp³-hybridized carbons (Fsp3) is 0.222. The summed E-state index contributed by atoms with van der Waals surface area (Å²) in [6.07, 6.45) is 5.02. The number of hydrogen-bond acceptors (Lipinski definition) is 2. The van der Waals surface area contributed by atoms with Crippen LogP contribution in [0.5, 0.6) is 0 Å². The average molecular weight is 308 g/mol. The van der Waals surface area contributed by atoms with E-state index < -0.39 is 6.10 Å². The summed E-state index contributed by atoms with van der Waals surface area (Å²) in [5.41, 5.74) is 1.54. The van der Waals surface area contributed by atoms with Crippen LogP contribution >= 0.6 is 34.2 Å². The highest BCUT2D eigenvalue weighted by atomic mass is 127. The van der Waals surface area contributed by atoms with Gasteiger partial charge in [0.15, 0.2) is 0 Å². The molecule has 13 heavy (non-hydrogen) atoms. The zero-order chi connectivity index (χ0) is 9.42. The third-order valence-electron chi connectivity index (χ3n) is 1.97. The van der Waals surface area contributed by atoms with Crippen molar-refractivity contribution >= 4 is 39.9 Å². The van der Waals surface area contributed by atoms with Gasteiger partial charge in [-0.3, -0.25) is 4.99 Å². The molecule has 0 aromatic carbocycles. The van der Waals surface area contributed by atoms with E-state index in [1.54, 1.807) is 6.08 Å². The standard InChI is InChI=1S/C9H7ClINO/c10-6-4-7(11)9(13)8-5(6)2-1-3-12-8/h1-2,4,9,13H,3H2. The Morgan fingerprint density at radius 3 is 3.15 bits per heavy atom. The minimum Gasteiger partial charge on any atom is -0.382 e. The summed E-state index contributed by atoms with van der Waals surface area (Å²) in [5.74, 6) is 0. The maximum Gasteiger partial charge on any atom is 0.127 e. The average Bonchev–Trinajstić information content (AvgIpc) is 2.15. The highest BCUT2D eigenvalue weighted by Crippen LogP contribution is 2.30. The summed E-state index contributed by atoms with van der Waals surface area (Å²) in [7, 11) is 0. The number of aliphatic imine (C=N–C) groups is 1. The van der Waals surface area contributed by atoms with E-state index in [9.17, 15) is 5.11 Å². The number of dihydropyridines is 1. The van der Waals surface area contributed by atoms with Crippen LogP contribution in [0.3, 0.4) is 0 Å². The molecule has 68 valence electrons. The molecule has 2 nitrogen and oxygen atoms in total. The van der Waals surface area contributed by atoms with Gasteiger partial charge in [-0.1, -0.05) is 23.8 Å². The molecule has 0 saturated carbocycles. The highest BCUT2D eigenvalue weighted by molar-refractivity contribution is 14.1. The first-order valence-corrected chi connectivity index (χ1v) is 5.32. The number of nitrogens with zero attached hydrogens (tertiary/aromatic N) is 1. The number of aliphatic hydroxyl groups is 1. The Hall–Kier alpha value is -0.130. The van der Waals surface area contributed by atoms with E-state index in [0.717, 1.165) is 9.15 Å². The highest BCUT2D eigenvalue weighted by Gasteiger charge is 2.25. The molecule has 0 aromatic rings. The molecule has 0 saturated heterocycles. The Morgan fingerprint density at radius 2 is 2.38 bits per heavy atom. The molecule has 0 bridgehead atoms. The molecular weight excluding hydrogens is 300 g/mol. The molecule has 0 spiro atoms. The number of allylic oxidation sites excluding steroid dienone is 3. The van der Waals surface area contributed by atoms with Gasteiger partial charge in [-0.2, -0.15) is 0 Å². The van der Waals surface area contributed by atoms with E-state index in [0.29, 0.717) is 17.3 Å². The van der Waals surface area contributed by atoms with Crippen molar-refractivity contribution in [2.24, 2.45) is 4.99 Å². The first-order chi connectivity index (χ1) is 6.20. The first-order valence-electron chi connectivity index (χ1n) is 3.86. The summed E-state index contributed by atoms with van der Waals surface area (Å²) < 4.78 is 0.820. The van der Waals surface area contributed by atoms with Crippen molar-refractivity contribution < 1.29 is 5.11 Å². The summed E-state index contributed by atoms with van der Waals surface area (Å²) in [6, 6.07) is 0. The maximum absolute atomic E-state index is 9.76. The fourth-order valence-electron chi connectivity index (χ4n) is 1.34. The van der Waals surface area contributed by atoms with Crippen LogP contribution in [0.25, 0.3) is 0 Å². The second-order valence-electron chi connectivity index (χ2n) is 2.82. The lowest BCUT2D eigenvalue weighted by Gasteiger charge is -2.21. The van der Waals surface area contributed by atoms with Crippen LogP contribution in [0.2, 0.25) is 0 Å². The Morgan fingerprint density at radius 1 is 1.62 bits per heavy atom. The third kappa shape index (κ3) is 1.60. The van der Waals surface area contributed by atoms with Gasteiger partial charge in [0.2, 0.25) is 0 Å². The Labute approximate surface area is 94.8 Å². The van der Waals surface area contributed by atoms with Crippen LogP contribution < -0.4 is 0 Å². The predicted molar refractivity (Wildman–Crippen MR) is 62.4 cm³/mol. The van der Waals surface area contributed by atoms with E-state index in [1.807, 2.05) is 12.2 Å². The van der Waals surface area contributed by atoms with E-state index >= 15 is 0 Å². The van der Waals surface area contributed by atoms with E-state index in [-0.39, 0.29) is 0 Å². The van der Waals surface area contributed by atoms with Crippen LogP contribution in [0.15, 0.2) is 37.4 Å². The predicted octanol–water partition coefficient (Wildman–Crippen LogP) is 2.18. The number of hydrogen-bond donors (Lipinski definition) is 1. The van der Waals surface area contributed by atoms with Gasteiger partial charge in [0.05, 0.1) is 17.3 Å². The van der Waals surface area contributed by atoms with Gasteiger partial charge in [0.25, 0.3) is 0 Å². The first kappa shape index (κ1) is 9.43. The SMILES string of the molecule is OC1C(I)=CC(Cl)=C2C=CCN=C21. The fourth-order valence-corrected chi connectivity index (χ4v) is 2.40. The van der Waals surface area contributed by atoms with Crippen LogP contribution in [-0.2, 0) is 0 Å². The van der Waals surface area contributed by atoms with Gasteiger partial charge < -0.3 is 5.11 Å². The number of halogens is 2. The lowest BCUT2D eigenvalue weighted by Crippen LogP contribution is -2.27. The number of rotatable bonds is 0. The molecule has 1 aliphatic carbocycles.